The molecule has 1 fully saturated rings. The number of likely N-dealkylation sites (tertiary alicyclic amines) is 1. The number of carboxylic acids is 2. The van der Waals surface area contributed by atoms with Gasteiger partial charge >= 0.3 is 11.9 Å². The Morgan fingerprint density at radius 3 is 1.81 bits per heavy atom. The van der Waals surface area contributed by atoms with E-state index in [4.69, 9.17) is 5.11 Å². The van der Waals surface area contributed by atoms with Gasteiger partial charge in [0, 0.05) is 56.5 Å². The third-order valence-electron chi connectivity index (χ3n) is 9.08. The third-order valence-corrected chi connectivity index (χ3v) is 10.4. The summed E-state index contributed by atoms with van der Waals surface area (Å²) in [4.78, 5) is 86.2. The van der Waals surface area contributed by atoms with E-state index in [0.29, 0.717) is 31.6 Å². The molecule has 13 nitrogen and oxygen atoms in total. The molecule has 4 amide bonds. The van der Waals surface area contributed by atoms with Gasteiger partial charge in [-0.1, -0.05) is 91.9 Å². The smallest absolute Gasteiger partial charge is 0.326 e. The standard InChI is InChI=1S/C38H66N4O9S/c1-27(2)36(48)30(40-28(3)4)26-52-31-25-34(45)42(37(31)49)24-18-17-23-39-32(43)22-21-29(38(50)51)41-33(44)19-15-13-11-9-7-5-6-8-10-12-14-16-20-35(46)47/h27-31,40H,5-26H2,1-4H3,(H,39,43)(H,41,44)(H,46,47)(H,50,51). The Hall–Kier alpha value is -3.00. The first-order chi connectivity index (χ1) is 24.7. The van der Waals surface area contributed by atoms with Gasteiger partial charge in [0.05, 0.1) is 11.3 Å². The van der Waals surface area contributed by atoms with Gasteiger partial charge in [-0.2, -0.15) is 0 Å². The lowest BCUT2D eigenvalue weighted by molar-refractivity contribution is -0.142. The number of hydrogen-bond acceptors (Lipinski definition) is 9. The maximum Gasteiger partial charge on any atom is 0.326 e. The number of amides is 4. The zero-order valence-electron chi connectivity index (χ0n) is 32.1. The fourth-order valence-corrected chi connectivity index (χ4v) is 7.30. The highest BCUT2D eigenvalue weighted by Crippen LogP contribution is 2.27. The molecule has 0 bridgehead atoms. The Morgan fingerprint density at radius 1 is 0.731 bits per heavy atom. The van der Waals surface area contributed by atoms with Crippen molar-refractivity contribution in [1.82, 2.24) is 20.9 Å². The maximum absolute atomic E-state index is 12.9. The summed E-state index contributed by atoms with van der Waals surface area (Å²) in [7, 11) is 0. The topological polar surface area (TPSA) is 199 Å². The summed E-state index contributed by atoms with van der Waals surface area (Å²) in [6, 6.07) is -1.43. The van der Waals surface area contributed by atoms with Gasteiger partial charge < -0.3 is 26.2 Å². The average molecular weight is 755 g/mol. The number of ketones is 1. The van der Waals surface area contributed by atoms with Crippen molar-refractivity contribution in [2.75, 3.05) is 18.8 Å². The summed E-state index contributed by atoms with van der Waals surface area (Å²) in [5, 5.41) is 26.2. The second-order valence-corrected chi connectivity index (χ2v) is 15.8. The number of nitrogens with zero attached hydrogens (tertiary/aromatic N) is 1. The van der Waals surface area contributed by atoms with Crippen molar-refractivity contribution in [2.45, 2.75) is 173 Å². The van der Waals surface area contributed by atoms with E-state index in [-0.39, 0.29) is 86.1 Å². The summed E-state index contributed by atoms with van der Waals surface area (Å²) < 4.78 is 0. The number of aliphatic carboxylic acids is 2. The number of nitrogens with one attached hydrogen (secondary N) is 3. The van der Waals surface area contributed by atoms with E-state index in [1.807, 2.05) is 27.7 Å². The molecule has 1 aliphatic heterocycles. The minimum atomic E-state index is -1.18. The molecule has 14 heteroatoms. The molecule has 1 saturated heterocycles. The van der Waals surface area contributed by atoms with Crippen LogP contribution in [0.4, 0.5) is 0 Å². The molecule has 0 aromatic rings. The molecular weight excluding hydrogens is 689 g/mol. The molecule has 0 saturated carbocycles. The molecule has 0 radical (unpaired) electrons. The Kier molecular flexibility index (Phi) is 24.9. The number of carboxylic acid groups (broad SMARTS) is 2. The van der Waals surface area contributed by atoms with E-state index < -0.39 is 23.2 Å². The number of imide groups is 1. The Bertz CT molecular complexity index is 1130. The number of hydrogen-bond donors (Lipinski definition) is 5. The second-order valence-electron chi connectivity index (χ2n) is 14.5. The van der Waals surface area contributed by atoms with Crippen LogP contribution in [0.5, 0.6) is 0 Å². The van der Waals surface area contributed by atoms with Crippen molar-refractivity contribution in [2.24, 2.45) is 5.92 Å². The minimum Gasteiger partial charge on any atom is -0.481 e. The lowest BCUT2D eigenvalue weighted by atomic mass is 10.0. The van der Waals surface area contributed by atoms with E-state index in [2.05, 4.69) is 16.0 Å². The first kappa shape index (κ1) is 47.0. The van der Waals surface area contributed by atoms with Crippen molar-refractivity contribution in [3.05, 3.63) is 0 Å². The number of carbonyl (C=O) groups is 7. The van der Waals surface area contributed by atoms with E-state index >= 15 is 0 Å². The summed E-state index contributed by atoms with van der Waals surface area (Å²) in [5.41, 5.74) is 0. The fraction of sp³-hybridized carbons (Fsp3) is 0.816. The molecule has 5 N–H and O–H groups in total. The monoisotopic (exact) mass is 754 g/mol. The van der Waals surface area contributed by atoms with Crippen LogP contribution < -0.4 is 16.0 Å². The third kappa shape index (κ3) is 21.5. The van der Waals surface area contributed by atoms with E-state index in [1.54, 1.807) is 0 Å². The molecule has 3 atom stereocenters. The number of Topliss-reactive ketones (excluding diaryl/α,β-unsaturated/α-hetero) is 1. The van der Waals surface area contributed by atoms with Crippen LogP contribution in [-0.4, -0.2) is 98.7 Å². The molecular formula is C38H66N4O9S. The van der Waals surface area contributed by atoms with Crippen LogP contribution in [0.3, 0.4) is 0 Å². The number of unbranched alkanes of at least 4 members (excludes halogenated alkanes) is 12. The van der Waals surface area contributed by atoms with Gasteiger partial charge in [0.1, 0.15) is 6.04 Å². The largest absolute Gasteiger partial charge is 0.481 e. The van der Waals surface area contributed by atoms with E-state index in [0.717, 1.165) is 51.4 Å². The molecule has 1 rings (SSSR count). The highest BCUT2D eigenvalue weighted by atomic mass is 32.2. The molecule has 0 spiro atoms. The summed E-state index contributed by atoms with van der Waals surface area (Å²) >= 11 is 1.34. The molecule has 1 aliphatic rings. The van der Waals surface area contributed by atoms with Crippen molar-refractivity contribution >= 4 is 53.1 Å². The Labute approximate surface area is 314 Å². The highest BCUT2D eigenvalue weighted by molar-refractivity contribution is 8.00. The average Bonchev–Trinajstić information content (AvgIpc) is 3.35. The number of rotatable bonds is 32. The molecule has 3 unspecified atom stereocenters. The first-order valence-electron chi connectivity index (χ1n) is 19.5. The van der Waals surface area contributed by atoms with E-state index in [9.17, 15) is 38.7 Å². The predicted octanol–water partition coefficient (Wildman–Crippen LogP) is 5.23. The van der Waals surface area contributed by atoms with Gasteiger partial charge in [-0.15, -0.1) is 11.8 Å². The van der Waals surface area contributed by atoms with Gasteiger partial charge in [-0.05, 0) is 32.1 Å². The van der Waals surface area contributed by atoms with Gasteiger partial charge in [0.15, 0.2) is 5.78 Å². The van der Waals surface area contributed by atoms with Crippen molar-refractivity contribution in [1.29, 1.82) is 0 Å². The first-order valence-corrected chi connectivity index (χ1v) is 20.5. The van der Waals surface area contributed by atoms with E-state index in [1.165, 1.54) is 35.9 Å². The summed E-state index contributed by atoms with van der Waals surface area (Å²) in [5.74, 6) is -2.71. The van der Waals surface area contributed by atoms with Gasteiger partial charge in [0.2, 0.25) is 23.6 Å². The maximum atomic E-state index is 12.9. The van der Waals surface area contributed by atoms with Gasteiger partial charge in [0.25, 0.3) is 0 Å². The van der Waals surface area contributed by atoms with Crippen LogP contribution >= 0.6 is 11.8 Å². The Morgan fingerprint density at radius 2 is 1.29 bits per heavy atom. The number of thioether (sulfide) groups is 1. The van der Waals surface area contributed by atoms with Crippen LogP contribution in [0.25, 0.3) is 0 Å². The normalized spacial score (nSPS) is 15.7. The van der Waals surface area contributed by atoms with Gasteiger partial charge in [-0.3, -0.25) is 33.7 Å². The van der Waals surface area contributed by atoms with Crippen LogP contribution in [-0.2, 0) is 33.6 Å². The summed E-state index contributed by atoms with van der Waals surface area (Å²) in [6.45, 7) is 8.17. The predicted molar refractivity (Wildman–Crippen MR) is 203 cm³/mol. The summed E-state index contributed by atoms with van der Waals surface area (Å²) in [6.07, 6.45) is 13.9. The van der Waals surface area contributed by atoms with Gasteiger partial charge in [-0.25, -0.2) is 4.79 Å². The second kappa shape index (κ2) is 27.6. The lowest BCUT2D eigenvalue weighted by Gasteiger charge is -2.22. The van der Waals surface area contributed by atoms with Crippen molar-refractivity contribution in [3.8, 4) is 0 Å². The highest BCUT2D eigenvalue weighted by Gasteiger charge is 2.39. The molecule has 52 heavy (non-hydrogen) atoms. The molecule has 0 aromatic heterocycles. The quantitative estimate of drug-likeness (QED) is 0.0445. The fourth-order valence-electron chi connectivity index (χ4n) is 6.09. The van der Waals surface area contributed by atoms with Crippen LogP contribution in [0.1, 0.15) is 150 Å². The SMILES string of the molecule is CC(C)NC(CSC1CC(=O)N(CCCCNC(=O)CCC(NC(=O)CCCCCCCCCCCCCCC(=O)O)C(=O)O)C1=O)C(=O)C(C)C. The molecule has 0 aliphatic carbocycles. The van der Waals surface area contributed by atoms with Crippen LogP contribution in [0, 0.1) is 5.92 Å². The zero-order valence-corrected chi connectivity index (χ0v) is 32.9. The molecule has 0 aromatic carbocycles. The minimum absolute atomic E-state index is 0.0264. The molecule has 298 valence electrons. The number of carbonyl (C=O) groups excluding carboxylic acids is 5. The molecule has 1 heterocycles. The van der Waals surface area contributed by atoms with Crippen molar-refractivity contribution < 1.29 is 43.8 Å². The zero-order chi connectivity index (χ0) is 38.9. The lowest BCUT2D eigenvalue weighted by Crippen LogP contribution is -2.45. The Balaban J connectivity index is 2.19. The van der Waals surface area contributed by atoms with Crippen LogP contribution in [0.2, 0.25) is 0 Å². The van der Waals surface area contributed by atoms with Crippen molar-refractivity contribution in [3.63, 3.8) is 0 Å². The van der Waals surface area contributed by atoms with Crippen LogP contribution in [0.15, 0.2) is 0 Å².